The van der Waals surface area contributed by atoms with Crippen molar-refractivity contribution < 1.29 is 9.47 Å². The van der Waals surface area contributed by atoms with Gasteiger partial charge in [-0.05, 0) is 25.7 Å². The summed E-state index contributed by atoms with van der Waals surface area (Å²) in [5.41, 5.74) is 0.352. The van der Waals surface area contributed by atoms with Crippen molar-refractivity contribution in [3.8, 4) is 0 Å². The molecule has 0 bridgehead atoms. The maximum absolute atomic E-state index is 5.63. The van der Waals surface area contributed by atoms with Crippen molar-refractivity contribution in [1.82, 2.24) is 0 Å². The highest BCUT2D eigenvalue weighted by atomic mass is 16.5. The largest absolute Gasteiger partial charge is 0.381 e. The predicted octanol–water partition coefficient (Wildman–Crippen LogP) is 3.50. The SMILES string of the molecule is CCOCC(CC)(COCC)C(C)(C)C. The van der Waals surface area contributed by atoms with Gasteiger partial charge in [0.15, 0.2) is 0 Å². The summed E-state index contributed by atoms with van der Waals surface area (Å²) in [5, 5.41) is 0. The van der Waals surface area contributed by atoms with E-state index in [1.54, 1.807) is 0 Å². The van der Waals surface area contributed by atoms with E-state index < -0.39 is 0 Å². The van der Waals surface area contributed by atoms with E-state index in [0.717, 1.165) is 32.8 Å². The molecule has 2 nitrogen and oxygen atoms in total. The average molecular weight is 216 g/mol. The molecule has 0 saturated carbocycles. The molecule has 15 heavy (non-hydrogen) atoms. The van der Waals surface area contributed by atoms with E-state index in [1.165, 1.54) is 0 Å². The molecule has 92 valence electrons. The van der Waals surface area contributed by atoms with Gasteiger partial charge in [0.2, 0.25) is 0 Å². The van der Waals surface area contributed by atoms with Crippen LogP contribution in [0, 0.1) is 10.8 Å². The molecule has 0 amide bonds. The molecule has 0 aliphatic carbocycles. The molecule has 0 aromatic heterocycles. The van der Waals surface area contributed by atoms with E-state index in [0.29, 0.717) is 0 Å². The molecule has 0 fully saturated rings. The Labute approximate surface area is 95.3 Å². The van der Waals surface area contributed by atoms with Gasteiger partial charge in [-0.15, -0.1) is 0 Å². The lowest BCUT2D eigenvalue weighted by atomic mass is 9.66. The van der Waals surface area contributed by atoms with Crippen LogP contribution in [0.2, 0.25) is 0 Å². The molecule has 0 aliphatic heterocycles. The lowest BCUT2D eigenvalue weighted by Crippen LogP contribution is -2.43. The van der Waals surface area contributed by atoms with Crippen molar-refractivity contribution in [2.24, 2.45) is 10.8 Å². The third-order valence-corrected chi connectivity index (χ3v) is 3.43. The standard InChI is InChI=1S/C13H28O2/c1-7-13(10-14-8-2,11-15-9-3)12(4,5)6/h7-11H2,1-6H3. The Morgan fingerprint density at radius 2 is 1.20 bits per heavy atom. The van der Waals surface area contributed by atoms with Crippen molar-refractivity contribution in [3.63, 3.8) is 0 Å². The molecular formula is C13H28O2. The maximum atomic E-state index is 5.63. The molecule has 2 heteroatoms. The van der Waals surface area contributed by atoms with Crippen LogP contribution in [0.4, 0.5) is 0 Å². The van der Waals surface area contributed by atoms with Gasteiger partial charge in [0.25, 0.3) is 0 Å². The fraction of sp³-hybridized carbons (Fsp3) is 1.00. The predicted molar refractivity (Wildman–Crippen MR) is 65.2 cm³/mol. The van der Waals surface area contributed by atoms with E-state index in [-0.39, 0.29) is 10.8 Å². The van der Waals surface area contributed by atoms with Crippen molar-refractivity contribution >= 4 is 0 Å². The first-order chi connectivity index (χ1) is 6.93. The minimum Gasteiger partial charge on any atom is -0.381 e. The summed E-state index contributed by atoms with van der Waals surface area (Å²) < 4.78 is 11.3. The summed E-state index contributed by atoms with van der Waals surface area (Å²) in [6, 6.07) is 0. The Morgan fingerprint density at radius 3 is 1.40 bits per heavy atom. The first-order valence-electron chi connectivity index (χ1n) is 6.09. The Balaban J connectivity index is 4.60. The van der Waals surface area contributed by atoms with Crippen LogP contribution >= 0.6 is 0 Å². The van der Waals surface area contributed by atoms with Crippen LogP contribution in [-0.4, -0.2) is 26.4 Å². The quantitative estimate of drug-likeness (QED) is 0.648. The van der Waals surface area contributed by atoms with Crippen LogP contribution in [0.1, 0.15) is 48.0 Å². The molecule has 0 heterocycles. The molecule has 0 spiro atoms. The molecule has 0 aromatic rings. The van der Waals surface area contributed by atoms with Gasteiger partial charge in [-0.25, -0.2) is 0 Å². The lowest BCUT2D eigenvalue weighted by molar-refractivity contribution is -0.0800. The summed E-state index contributed by atoms with van der Waals surface area (Å²) in [6.07, 6.45) is 1.09. The molecule has 0 saturated heterocycles. The summed E-state index contributed by atoms with van der Waals surface area (Å²) in [6.45, 7) is 16.3. The van der Waals surface area contributed by atoms with Gasteiger partial charge < -0.3 is 9.47 Å². The van der Waals surface area contributed by atoms with E-state index in [2.05, 4.69) is 27.7 Å². The highest BCUT2D eigenvalue weighted by molar-refractivity contribution is 4.89. The molecule has 0 atom stereocenters. The van der Waals surface area contributed by atoms with E-state index in [1.807, 2.05) is 13.8 Å². The van der Waals surface area contributed by atoms with Gasteiger partial charge in [-0.2, -0.15) is 0 Å². The minimum atomic E-state index is 0.138. The molecule has 0 aliphatic rings. The van der Waals surface area contributed by atoms with Gasteiger partial charge in [-0.1, -0.05) is 27.7 Å². The summed E-state index contributed by atoms with van der Waals surface area (Å²) in [7, 11) is 0. The van der Waals surface area contributed by atoms with Crippen LogP contribution in [0.3, 0.4) is 0 Å². The average Bonchev–Trinajstić information content (AvgIpc) is 2.17. The van der Waals surface area contributed by atoms with E-state index in [4.69, 9.17) is 9.47 Å². The number of hydrogen-bond acceptors (Lipinski definition) is 2. The second kappa shape index (κ2) is 6.49. The summed E-state index contributed by atoms with van der Waals surface area (Å²) in [4.78, 5) is 0. The second-order valence-corrected chi connectivity index (χ2v) is 5.16. The number of rotatable bonds is 7. The second-order valence-electron chi connectivity index (χ2n) is 5.16. The zero-order valence-electron chi connectivity index (χ0n) is 11.4. The van der Waals surface area contributed by atoms with Crippen molar-refractivity contribution in [2.45, 2.75) is 48.0 Å². The van der Waals surface area contributed by atoms with Crippen LogP contribution in [0.15, 0.2) is 0 Å². The van der Waals surface area contributed by atoms with Crippen LogP contribution < -0.4 is 0 Å². The van der Waals surface area contributed by atoms with Crippen molar-refractivity contribution in [3.05, 3.63) is 0 Å². The van der Waals surface area contributed by atoms with Gasteiger partial charge in [0.05, 0.1) is 13.2 Å². The first kappa shape index (κ1) is 14.9. The van der Waals surface area contributed by atoms with Crippen molar-refractivity contribution in [1.29, 1.82) is 0 Å². The summed E-state index contributed by atoms with van der Waals surface area (Å²) in [5.74, 6) is 0. The zero-order chi connectivity index (χ0) is 11.9. The van der Waals surface area contributed by atoms with Gasteiger partial charge >= 0.3 is 0 Å². The molecule has 0 rings (SSSR count). The Hall–Kier alpha value is -0.0800. The highest BCUT2D eigenvalue weighted by Crippen LogP contribution is 2.42. The Morgan fingerprint density at radius 1 is 0.800 bits per heavy atom. The van der Waals surface area contributed by atoms with Crippen LogP contribution in [0.25, 0.3) is 0 Å². The van der Waals surface area contributed by atoms with E-state index >= 15 is 0 Å². The number of ether oxygens (including phenoxy) is 2. The molecular weight excluding hydrogens is 188 g/mol. The van der Waals surface area contributed by atoms with E-state index in [9.17, 15) is 0 Å². The molecule has 0 unspecified atom stereocenters. The Kier molecular flexibility index (Phi) is 6.46. The van der Waals surface area contributed by atoms with Gasteiger partial charge in [-0.3, -0.25) is 0 Å². The minimum absolute atomic E-state index is 0.138. The lowest BCUT2D eigenvalue weighted by Gasteiger charge is -2.44. The van der Waals surface area contributed by atoms with Crippen LogP contribution in [0.5, 0.6) is 0 Å². The van der Waals surface area contributed by atoms with Crippen LogP contribution in [-0.2, 0) is 9.47 Å². The molecule has 0 N–H and O–H groups in total. The normalized spacial score (nSPS) is 13.2. The molecule has 0 radical (unpaired) electrons. The monoisotopic (exact) mass is 216 g/mol. The maximum Gasteiger partial charge on any atom is 0.0549 e. The third-order valence-electron chi connectivity index (χ3n) is 3.43. The van der Waals surface area contributed by atoms with Crippen molar-refractivity contribution in [2.75, 3.05) is 26.4 Å². The highest BCUT2D eigenvalue weighted by Gasteiger charge is 2.40. The van der Waals surface area contributed by atoms with Gasteiger partial charge in [0.1, 0.15) is 0 Å². The zero-order valence-corrected chi connectivity index (χ0v) is 11.4. The van der Waals surface area contributed by atoms with Gasteiger partial charge in [0, 0.05) is 18.6 Å². The topological polar surface area (TPSA) is 18.5 Å². The fourth-order valence-electron chi connectivity index (χ4n) is 1.80. The number of hydrogen-bond donors (Lipinski definition) is 0. The Bertz CT molecular complexity index is 150. The fourth-order valence-corrected chi connectivity index (χ4v) is 1.80. The molecule has 0 aromatic carbocycles. The smallest absolute Gasteiger partial charge is 0.0549 e. The summed E-state index contributed by atoms with van der Waals surface area (Å²) >= 11 is 0. The first-order valence-corrected chi connectivity index (χ1v) is 6.09. The third kappa shape index (κ3) is 4.12.